The Morgan fingerprint density at radius 3 is 3.25 bits per heavy atom. The van der Waals surface area contributed by atoms with Gasteiger partial charge < -0.3 is 5.73 Å². The zero-order chi connectivity index (χ0) is 8.97. The molecule has 1 rings (SSSR count). The highest BCUT2D eigenvalue weighted by Gasteiger charge is 2.25. The Bertz CT molecular complexity index is 210. The fourth-order valence-electron chi connectivity index (χ4n) is 1.12. The number of piperidine rings is 1. The van der Waals surface area contributed by atoms with Gasteiger partial charge in [-0.15, -0.1) is 6.42 Å². The first-order valence-corrected chi connectivity index (χ1v) is 3.89. The van der Waals surface area contributed by atoms with Crippen LogP contribution in [-0.2, 0) is 9.63 Å². The van der Waals surface area contributed by atoms with Gasteiger partial charge in [0.25, 0.3) is 5.91 Å². The van der Waals surface area contributed by atoms with Crippen molar-refractivity contribution in [2.24, 2.45) is 5.73 Å². The van der Waals surface area contributed by atoms with Gasteiger partial charge in [0.05, 0.1) is 6.04 Å². The van der Waals surface area contributed by atoms with Gasteiger partial charge in [-0.3, -0.25) is 9.63 Å². The Hall–Kier alpha value is -1.05. The summed E-state index contributed by atoms with van der Waals surface area (Å²) in [6, 6.07) is -0.420. The number of hydroxylamine groups is 2. The van der Waals surface area contributed by atoms with Crippen LogP contribution in [0.4, 0.5) is 0 Å². The van der Waals surface area contributed by atoms with Crippen molar-refractivity contribution in [1.82, 2.24) is 5.06 Å². The third-order valence-electron chi connectivity index (χ3n) is 1.74. The number of nitrogens with two attached hydrogens (primary N) is 1. The van der Waals surface area contributed by atoms with E-state index in [0.717, 1.165) is 12.8 Å². The zero-order valence-corrected chi connectivity index (χ0v) is 6.82. The van der Waals surface area contributed by atoms with Crippen molar-refractivity contribution in [3.63, 3.8) is 0 Å². The monoisotopic (exact) mass is 168 g/mol. The number of carbonyl (C=O) groups is 1. The average molecular weight is 168 g/mol. The normalized spacial score (nSPS) is 23.8. The fraction of sp³-hybridized carbons (Fsp3) is 0.625. The maximum absolute atomic E-state index is 11.2. The summed E-state index contributed by atoms with van der Waals surface area (Å²) >= 11 is 0. The van der Waals surface area contributed by atoms with Crippen molar-refractivity contribution in [1.29, 1.82) is 0 Å². The second kappa shape index (κ2) is 4.10. The first kappa shape index (κ1) is 9.04. The Kier molecular flexibility index (Phi) is 3.09. The molecule has 66 valence electrons. The largest absolute Gasteiger partial charge is 0.320 e. The molecule has 1 fully saturated rings. The minimum Gasteiger partial charge on any atom is -0.320 e. The van der Waals surface area contributed by atoms with Gasteiger partial charge in [0.2, 0.25) is 0 Å². The molecule has 0 saturated carbocycles. The van der Waals surface area contributed by atoms with Gasteiger partial charge >= 0.3 is 0 Å². The predicted octanol–water partition coefficient (Wildman–Crippen LogP) is -0.499. The second-order valence-electron chi connectivity index (χ2n) is 2.67. The molecule has 12 heavy (non-hydrogen) atoms. The molecule has 0 bridgehead atoms. The molecule has 1 aliphatic rings. The molecule has 1 atom stereocenters. The molecule has 1 unspecified atom stereocenters. The highest BCUT2D eigenvalue weighted by Crippen LogP contribution is 2.09. The number of amides is 1. The van der Waals surface area contributed by atoms with Gasteiger partial charge in [-0.2, -0.15) is 0 Å². The molecule has 0 aromatic heterocycles. The van der Waals surface area contributed by atoms with Gasteiger partial charge in [0, 0.05) is 6.54 Å². The van der Waals surface area contributed by atoms with Crippen LogP contribution in [0, 0.1) is 12.3 Å². The van der Waals surface area contributed by atoms with Gasteiger partial charge in [-0.25, -0.2) is 5.06 Å². The van der Waals surface area contributed by atoms with Crippen molar-refractivity contribution < 1.29 is 9.63 Å². The summed E-state index contributed by atoms with van der Waals surface area (Å²) < 4.78 is 0. The van der Waals surface area contributed by atoms with Crippen LogP contribution < -0.4 is 5.73 Å². The van der Waals surface area contributed by atoms with E-state index in [2.05, 4.69) is 5.92 Å². The summed E-state index contributed by atoms with van der Waals surface area (Å²) in [7, 11) is 0. The summed E-state index contributed by atoms with van der Waals surface area (Å²) in [4.78, 5) is 16.2. The van der Waals surface area contributed by atoms with Gasteiger partial charge in [-0.1, -0.05) is 5.92 Å². The summed E-state index contributed by atoms with van der Waals surface area (Å²) in [6.07, 6.45) is 6.58. The SMILES string of the molecule is C#CCON1CCCC(N)C1=O. The van der Waals surface area contributed by atoms with E-state index in [1.165, 1.54) is 5.06 Å². The minimum atomic E-state index is -0.420. The molecule has 1 amide bonds. The average Bonchev–Trinajstić information content (AvgIpc) is 2.08. The second-order valence-corrected chi connectivity index (χ2v) is 2.67. The first-order chi connectivity index (χ1) is 5.75. The number of hydrogen-bond acceptors (Lipinski definition) is 3. The Morgan fingerprint density at radius 2 is 2.58 bits per heavy atom. The molecule has 0 aromatic carbocycles. The molecule has 4 nitrogen and oxygen atoms in total. The molecule has 4 heteroatoms. The van der Waals surface area contributed by atoms with Gasteiger partial charge in [0.1, 0.15) is 6.61 Å². The Morgan fingerprint density at radius 1 is 1.83 bits per heavy atom. The molecule has 2 N–H and O–H groups in total. The van der Waals surface area contributed by atoms with Gasteiger partial charge in [0.15, 0.2) is 0 Å². The molecule has 0 aromatic rings. The standard InChI is InChI=1S/C8H12N2O2/c1-2-6-12-10-5-3-4-7(9)8(10)11/h1,7H,3-6,9H2. The van der Waals surface area contributed by atoms with Crippen LogP contribution in [0.1, 0.15) is 12.8 Å². The number of carbonyl (C=O) groups excluding carboxylic acids is 1. The topological polar surface area (TPSA) is 55.6 Å². The first-order valence-electron chi connectivity index (χ1n) is 3.89. The van der Waals surface area contributed by atoms with Gasteiger partial charge in [-0.05, 0) is 12.8 Å². The third kappa shape index (κ3) is 1.97. The molecular formula is C8H12N2O2. The van der Waals surface area contributed by atoms with Crippen molar-refractivity contribution in [2.45, 2.75) is 18.9 Å². The molecule has 1 heterocycles. The number of hydrogen-bond donors (Lipinski definition) is 1. The van der Waals surface area contributed by atoms with Crippen LogP contribution in [0.3, 0.4) is 0 Å². The molecule has 1 aliphatic heterocycles. The van der Waals surface area contributed by atoms with Crippen LogP contribution in [0.5, 0.6) is 0 Å². The molecule has 0 aliphatic carbocycles. The molecule has 1 saturated heterocycles. The van der Waals surface area contributed by atoms with E-state index >= 15 is 0 Å². The maximum atomic E-state index is 11.2. The van der Waals surface area contributed by atoms with Crippen LogP contribution in [0.25, 0.3) is 0 Å². The lowest BCUT2D eigenvalue weighted by molar-refractivity contribution is -0.188. The lowest BCUT2D eigenvalue weighted by atomic mass is 10.1. The van der Waals surface area contributed by atoms with Crippen molar-refractivity contribution >= 4 is 5.91 Å². The maximum Gasteiger partial charge on any atom is 0.263 e. The number of terminal acetylenes is 1. The summed E-state index contributed by atoms with van der Waals surface area (Å²) in [6.45, 7) is 0.715. The third-order valence-corrected chi connectivity index (χ3v) is 1.74. The highest BCUT2D eigenvalue weighted by atomic mass is 16.7. The van der Waals surface area contributed by atoms with Crippen molar-refractivity contribution in [3.05, 3.63) is 0 Å². The quantitative estimate of drug-likeness (QED) is 0.565. The van der Waals surface area contributed by atoms with E-state index < -0.39 is 6.04 Å². The van der Waals surface area contributed by atoms with E-state index in [0.29, 0.717) is 6.54 Å². The fourth-order valence-corrected chi connectivity index (χ4v) is 1.12. The van der Waals surface area contributed by atoms with Crippen LogP contribution in [-0.4, -0.2) is 30.2 Å². The van der Waals surface area contributed by atoms with E-state index in [1.54, 1.807) is 0 Å². The lowest BCUT2D eigenvalue weighted by Crippen LogP contribution is -2.48. The van der Waals surface area contributed by atoms with Crippen LogP contribution >= 0.6 is 0 Å². The molecule has 0 spiro atoms. The Balaban J connectivity index is 2.42. The highest BCUT2D eigenvalue weighted by molar-refractivity contribution is 5.81. The van der Waals surface area contributed by atoms with E-state index in [4.69, 9.17) is 17.0 Å². The summed E-state index contributed by atoms with van der Waals surface area (Å²) in [5, 5.41) is 1.26. The van der Waals surface area contributed by atoms with E-state index in [9.17, 15) is 4.79 Å². The Labute approximate surface area is 71.6 Å². The van der Waals surface area contributed by atoms with Crippen molar-refractivity contribution in [3.8, 4) is 12.3 Å². The molecule has 0 radical (unpaired) electrons. The minimum absolute atomic E-state index is 0.123. The summed E-state index contributed by atoms with van der Waals surface area (Å²) in [5.41, 5.74) is 5.52. The van der Waals surface area contributed by atoms with E-state index in [-0.39, 0.29) is 12.5 Å². The molecular weight excluding hydrogens is 156 g/mol. The van der Waals surface area contributed by atoms with Crippen LogP contribution in [0.15, 0.2) is 0 Å². The van der Waals surface area contributed by atoms with Crippen LogP contribution in [0.2, 0.25) is 0 Å². The number of rotatable bonds is 2. The summed E-state index contributed by atoms with van der Waals surface area (Å²) in [5.74, 6) is 2.12. The zero-order valence-electron chi connectivity index (χ0n) is 6.82. The predicted molar refractivity (Wildman–Crippen MR) is 43.7 cm³/mol. The smallest absolute Gasteiger partial charge is 0.263 e. The number of nitrogens with zero attached hydrogens (tertiary/aromatic N) is 1. The van der Waals surface area contributed by atoms with E-state index in [1.807, 2.05) is 0 Å². The lowest BCUT2D eigenvalue weighted by Gasteiger charge is -2.28. The van der Waals surface area contributed by atoms with Crippen molar-refractivity contribution in [2.75, 3.05) is 13.2 Å².